The fraction of sp³-hybridized carbons (Fsp3) is 0.250. The lowest BCUT2D eigenvalue weighted by Crippen LogP contribution is -2.37. The van der Waals surface area contributed by atoms with Gasteiger partial charge in [-0.1, -0.05) is 18.2 Å². The monoisotopic (exact) mass is 518 g/mol. The van der Waals surface area contributed by atoms with Crippen LogP contribution in [0.5, 0.6) is 11.5 Å². The molecule has 0 aliphatic carbocycles. The smallest absolute Gasteiger partial charge is 0.416 e. The van der Waals surface area contributed by atoms with Gasteiger partial charge >= 0.3 is 11.9 Å². The number of rotatable bonds is 6. The van der Waals surface area contributed by atoms with E-state index in [0.717, 1.165) is 28.5 Å². The third-order valence-electron chi connectivity index (χ3n) is 5.54. The molecule has 0 fully saturated rings. The van der Waals surface area contributed by atoms with Crippen LogP contribution in [0, 0.1) is 0 Å². The first kappa shape index (κ1) is 25.3. The molecule has 2 heterocycles. The van der Waals surface area contributed by atoms with Crippen LogP contribution >= 0.6 is 11.8 Å². The third-order valence-corrected chi connectivity index (χ3v) is 6.58. The van der Waals surface area contributed by atoms with Crippen molar-refractivity contribution in [1.29, 1.82) is 0 Å². The van der Waals surface area contributed by atoms with Gasteiger partial charge in [-0.15, -0.1) is 11.8 Å². The Morgan fingerprint density at radius 2 is 1.67 bits per heavy atom. The Labute approximate surface area is 207 Å². The van der Waals surface area contributed by atoms with Crippen LogP contribution in [0.25, 0.3) is 22.4 Å². The molecule has 12 heteroatoms. The average Bonchev–Trinajstić information content (AvgIpc) is 2.88. The number of aromatic nitrogens is 4. The predicted molar refractivity (Wildman–Crippen MR) is 130 cm³/mol. The van der Waals surface area contributed by atoms with E-state index in [-0.39, 0.29) is 27.6 Å². The van der Waals surface area contributed by atoms with Gasteiger partial charge in [-0.25, -0.2) is 14.8 Å². The van der Waals surface area contributed by atoms with E-state index in [4.69, 9.17) is 9.47 Å². The average molecular weight is 519 g/mol. The van der Waals surface area contributed by atoms with Crippen molar-refractivity contribution in [2.45, 2.75) is 17.0 Å². The maximum atomic E-state index is 13.2. The summed E-state index contributed by atoms with van der Waals surface area (Å²) < 4.78 is 52.2. The van der Waals surface area contributed by atoms with Crippen LogP contribution in [-0.4, -0.2) is 33.3 Å². The highest BCUT2D eigenvalue weighted by Gasteiger charge is 2.30. The normalized spacial score (nSPS) is 11.6. The second-order valence-corrected chi connectivity index (χ2v) is 8.78. The van der Waals surface area contributed by atoms with Crippen LogP contribution in [0.15, 0.2) is 57.1 Å². The molecular formula is C24H21F3N4O4S. The number of alkyl halides is 3. The standard InChI is InChI=1S/C24H21F3N4O4S/c1-30-20-18(22(32)31(2)23(30)33)21(36-12-13-6-5-7-15(10-13)24(25,26)27)29-19(28-20)14-8-9-16(34-3)17(11-14)35-4/h5-11H,12H2,1-4H3. The van der Waals surface area contributed by atoms with Crippen LogP contribution in [-0.2, 0) is 26.0 Å². The molecule has 188 valence electrons. The van der Waals surface area contributed by atoms with Crippen LogP contribution in [0.3, 0.4) is 0 Å². The SMILES string of the molecule is COc1ccc(-c2nc(SCc3cccc(C(F)(F)F)c3)c3c(=O)n(C)c(=O)n(C)c3n2)cc1OC. The second-order valence-electron chi connectivity index (χ2n) is 7.81. The molecule has 0 spiro atoms. The molecule has 0 radical (unpaired) electrons. The summed E-state index contributed by atoms with van der Waals surface area (Å²) in [6, 6.07) is 9.96. The molecule has 4 aromatic rings. The first-order chi connectivity index (χ1) is 17.0. The van der Waals surface area contributed by atoms with E-state index in [1.165, 1.54) is 38.9 Å². The quantitative estimate of drug-likeness (QED) is 0.281. The molecule has 0 atom stereocenters. The van der Waals surface area contributed by atoms with Crippen LogP contribution in [0.4, 0.5) is 13.2 Å². The van der Waals surface area contributed by atoms with Crippen molar-refractivity contribution in [3.05, 3.63) is 74.4 Å². The van der Waals surface area contributed by atoms with Gasteiger partial charge in [0.05, 0.1) is 19.8 Å². The van der Waals surface area contributed by atoms with E-state index < -0.39 is 23.0 Å². The van der Waals surface area contributed by atoms with Gasteiger partial charge in [0, 0.05) is 25.4 Å². The van der Waals surface area contributed by atoms with Crippen molar-refractivity contribution in [2.24, 2.45) is 14.1 Å². The summed E-state index contributed by atoms with van der Waals surface area (Å²) in [6.45, 7) is 0. The summed E-state index contributed by atoms with van der Waals surface area (Å²) in [5, 5.41) is 0.333. The number of ether oxygens (including phenoxy) is 2. The minimum absolute atomic E-state index is 0.0980. The topological polar surface area (TPSA) is 88.2 Å². The number of fused-ring (bicyclic) bond motifs is 1. The highest BCUT2D eigenvalue weighted by molar-refractivity contribution is 7.98. The van der Waals surface area contributed by atoms with E-state index >= 15 is 0 Å². The molecule has 36 heavy (non-hydrogen) atoms. The lowest BCUT2D eigenvalue weighted by molar-refractivity contribution is -0.137. The van der Waals surface area contributed by atoms with Gasteiger partial charge in [0.1, 0.15) is 10.4 Å². The number of benzene rings is 2. The van der Waals surface area contributed by atoms with E-state index in [1.54, 1.807) is 24.3 Å². The maximum Gasteiger partial charge on any atom is 0.416 e. The Hall–Kier alpha value is -3.80. The van der Waals surface area contributed by atoms with E-state index in [0.29, 0.717) is 22.6 Å². The third kappa shape index (κ3) is 4.68. The fourth-order valence-corrected chi connectivity index (χ4v) is 4.58. The minimum Gasteiger partial charge on any atom is -0.493 e. The zero-order valence-corrected chi connectivity index (χ0v) is 20.5. The highest BCUT2D eigenvalue weighted by Crippen LogP contribution is 2.34. The number of hydrogen-bond acceptors (Lipinski definition) is 7. The molecule has 4 rings (SSSR count). The van der Waals surface area contributed by atoms with Gasteiger partial charge in [0.25, 0.3) is 5.56 Å². The Morgan fingerprint density at radius 3 is 2.33 bits per heavy atom. The summed E-state index contributed by atoms with van der Waals surface area (Å²) in [5.74, 6) is 1.23. The summed E-state index contributed by atoms with van der Waals surface area (Å²) in [4.78, 5) is 34.6. The van der Waals surface area contributed by atoms with E-state index in [9.17, 15) is 22.8 Å². The van der Waals surface area contributed by atoms with Crippen molar-refractivity contribution in [2.75, 3.05) is 14.2 Å². The molecule has 0 amide bonds. The molecular weight excluding hydrogens is 497 g/mol. The molecule has 0 saturated heterocycles. The zero-order valence-electron chi connectivity index (χ0n) is 19.7. The van der Waals surface area contributed by atoms with Gasteiger partial charge in [-0.05, 0) is 29.8 Å². The largest absolute Gasteiger partial charge is 0.493 e. The van der Waals surface area contributed by atoms with Gasteiger partial charge in [-0.3, -0.25) is 13.9 Å². The van der Waals surface area contributed by atoms with Crippen LogP contribution in [0.1, 0.15) is 11.1 Å². The van der Waals surface area contributed by atoms with Crippen molar-refractivity contribution in [3.8, 4) is 22.9 Å². The molecule has 0 unspecified atom stereocenters. The number of methoxy groups -OCH3 is 2. The summed E-state index contributed by atoms with van der Waals surface area (Å²) >= 11 is 1.08. The van der Waals surface area contributed by atoms with Gasteiger partial charge < -0.3 is 9.47 Å². The molecule has 0 aliphatic rings. The minimum atomic E-state index is -4.48. The van der Waals surface area contributed by atoms with Crippen LogP contribution in [0.2, 0.25) is 0 Å². The zero-order chi connectivity index (χ0) is 26.2. The maximum absolute atomic E-state index is 13.2. The highest BCUT2D eigenvalue weighted by atomic mass is 32.2. The van der Waals surface area contributed by atoms with Crippen molar-refractivity contribution < 1.29 is 22.6 Å². The fourth-order valence-electron chi connectivity index (χ4n) is 3.63. The summed E-state index contributed by atoms with van der Waals surface area (Å²) in [7, 11) is 5.80. The number of nitrogens with zero attached hydrogens (tertiary/aromatic N) is 4. The number of hydrogen-bond donors (Lipinski definition) is 0. The summed E-state index contributed by atoms with van der Waals surface area (Å²) in [5.41, 5.74) is -0.900. The van der Waals surface area contributed by atoms with E-state index in [1.807, 2.05) is 0 Å². The van der Waals surface area contributed by atoms with Gasteiger partial charge in [0.2, 0.25) is 0 Å². The Morgan fingerprint density at radius 1 is 0.944 bits per heavy atom. The number of aryl methyl sites for hydroxylation is 1. The molecule has 0 saturated carbocycles. The van der Waals surface area contributed by atoms with E-state index in [2.05, 4.69) is 9.97 Å². The van der Waals surface area contributed by atoms with Crippen molar-refractivity contribution in [3.63, 3.8) is 0 Å². The van der Waals surface area contributed by atoms with Gasteiger partial charge in [-0.2, -0.15) is 13.2 Å². The summed E-state index contributed by atoms with van der Waals surface area (Å²) in [6.07, 6.45) is -4.48. The molecule has 0 aliphatic heterocycles. The molecule has 2 aromatic heterocycles. The molecule has 2 aromatic carbocycles. The number of thioether (sulfide) groups is 1. The molecule has 8 nitrogen and oxygen atoms in total. The lowest BCUT2D eigenvalue weighted by atomic mass is 10.1. The lowest BCUT2D eigenvalue weighted by Gasteiger charge is -2.13. The van der Waals surface area contributed by atoms with Gasteiger partial charge in [0.15, 0.2) is 23.0 Å². The Balaban J connectivity index is 1.88. The second kappa shape index (κ2) is 9.69. The van der Waals surface area contributed by atoms with Crippen LogP contribution < -0.4 is 20.7 Å². The van der Waals surface area contributed by atoms with Crippen molar-refractivity contribution in [1.82, 2.24) is 19.1 Å². The first-order valence-electron chi connectivity index (χ1n) is 10.5. The first-order valence-corrected chi connectivity index (χ1v) is 11.5. The number of halogens is 3. The Bertz CT molecular complexity index is 1580. The molecule has 0 N–H and O–H groups in total. The molecule has 0 bridgehead atoms. The predicted octanol–water partition coefficient (Wildman–Crippen LogP) is 4.02. The Kier molecular flexibility index (Phi) is 6.81. The van der Waals surface area contributed by atoms with Crippen molar-refractivity contribution >= 4 is 22.8 Å².